The molecule has 1 aromatic heterocycles. The van der Waals surface area contributed by atoms with Crippen LogP contribution < -0.4 is 0 Å². The Balaban J connectivity index is 2.34. The van der Waals surface area contributed by atoms with Gasteiger partial charge in [0.2, 0.25) is 0 Å². The summed E-state index contributed by atoms with van der Waals surface area (Å²) in [7, 11) is 0. The van der Waals surface area contributed by atoms with Crippen LogP contribution in [0.3, 0.4) is 0 Å². The SMILES string of the molecule is C[C@H](O)CC[C@@H](O)c1ccoc1. The number of hydrogen-bond acceptors (Lipinski definition) is 3. The molecule has 0 fully saturated rings. The standard InChI is InChI=1S/C9H14O3/c1-7(10)2-3-9(11)8-4-5-12-6-8/h4-7,9-11H,2-3H2,1H3/t7-,9+/m0/s1. The predicted molar refractivity (Wildman–Crippen MR) is 44.6 cm³/mol. The van der Waals surface area contributed by atoms with E-state index >= 15 is 0 Å². The Labute approximate surface area is 71.6 Å². The van der Waals surface area contributed by atoms with Crippen LogP contribution in [0.2, 0.25) is 0 Å². The Hall–Kier alpha value is -0.800. The Morgan fingerprint density at radius 3 is 2.67 bits per heavy atom. The van der Waals surface area contributed by atoms with Gasteiger partial charge in [-0.1, -0.05) is 0 Å². The molecule has 0 saturated heterocycles. The second kappa shape index (κ2) is 4.28. The minimum absolute atomic E-state index is 0.355. The molecule has 68 valence electrons. The molecule has 0 aliphatic rings. The van der Waals surface area contributed by atoms with Crippen LogP contribution in [-0.4, -0.2) is 16.3 Å². The molecule has 2 atom stereocenters. The van der Waals surface area contributed by atoms with Crippen LogP contribution >= 0.6 is 0 Å². The number of aliphatic hydroxyl groups excluding tert-OH is 2. The Morgan fingerprint density at radius 2 is 2.17 bits per heavy atom. The summed E-state index contributed by atoms with van der Waals surface area (Å²) in [6.07, 6.45) is 3.35. The van der Waals surface area contributed by atoms with Gasteiger partial charge in [0.15, 0.2) is 0 Å². The second-order valence-electron chi connectivity index (χ2n) is 3.00. The molecule has 1 aromatic rings. The zero-order chi connectivity index (χ0) is 8.97. The lowest BCUT2D eigenvalue weighted by Crippen LogP contribution is -2.03. The minimum Gasteiger partial charge on any atom is -0.472 e. The first-order valence-corrected chi connectivity index (χ1v) is 4.08. The maximum atomic E-state index is 9.49. The molecule has 0 unspecified atom stereocenters. The van der Waals surface area contributed by atoms with Crippen molar-refractivity contribution in [2.24, 2.45) is 0 Å². The van der Waals surface area contributed by atoms with Crippen molar-refractivity contribution >= 4 is 0 Å². The van der Waals surface area contributed by atoms with E-state index in [0.29, 0.717) is 12.8 Å². The van der Waals surface area contributed by atoms with E-state index in [1.54, 1.807) is 13.0 Å². The highest BCUT2D eigenvalue weighted by Gasteiger charge is 2.09. The van der Waals surface area contributed by atoms with Gasteiger partial charge in [-0.2, -0.15) is 0 Å². The first-order chi connectivity index (χ1) is 5.70. The van der Waals surface area contributed by atoms with Crippen LogP contribution in [0.15, 0.2) is 23.0 Å². The van der Waals surface area contributed by atoms with E-state index < -0.39 is 6.10 Å². The molecule has 0 amide bonds. The highest BCUT2D eigenvalue weighted by atomic mass is 16.3. The van der Waals surface area contributed by atoms with Crippen molar-refractivity contribution in [3.8, 4) is 0 Å². The molecule has 2 N–H and O–H groups in total. The third-order valence-corrected chi connectivity index (χ3v) is 1.79. The van der Waals surface area contributed by atoms with Gasteiger partial charge in [-0.3, -0.25) is 0 Å². The molecule has 0 spiro atoms. The highest BCUT2D eigenvalue weighted by molar-refractivity contribution is 5.08. The smallest absolute Gasteiger partial charge is 0.0960 e. The van der Waals surface area contributed by atoms with Crippen molar-refractivity contribution < 1.29 is 14.6 Å². The van der Waals surface area contributed by atoms with E-state index in [4.69, 9.17) is 9.52 Å². The van der Waals surface area contributed by atoms with Crippen LogP contribution in [0.1, 0.15) is 31.4 Å². The van der Waals surface area contributed by atoms with Crippen molar-refractivity contribution in [3.63, 3.8) is 0 Å². The average Bonchev–Trinajstić information content (AvgIpc) is 2.51. The number of rotatable bonds is 4. The zero-order valence-electron chi connectivity index (χ0n) is 7.10. The molecule has 0 aliphatic carbocycles. The van der Waals surface area contributed by atoms with Crippen LogP contribution in [0.4, 0.5) is 0 Å². The fraction of sp³-hybridized carbons (Fsp3) is 0.556. The lowest BCUT2D eigenvalue weighted by molar-refractivity contribution is 0.123. The van der Waals surface area contributed by atoms with Gasteiger partial charge >= 0.3 is 0 Å². The van der Waals surface area contributed by atoms with E-state index in [0.717, 1.165) is 5.56 Å². The van der Waals surface area contributed by atoms with Gasteiger partial charge in [0, 0.05) is 5.56 Å². The second-order valence-corrected chi connectivity index (χ2v) is 3.00. The molecule has 0 aliphatic heterocycles. The summed E-state index contributed by atoms with van der Waals surface area (Å²) >= 11 is 0. The summed E-state index contributed by atoms with van der Waals surface area (Å²) in [5.41, 5.74) is 0.774. The summed E-state index contributed by atoms with van der Waals surface area (Å²) < 4.78 is 4.82. The van der Waals surface area contributed by atoms with E-state index in [-0.39, 0.29) is 6.10 Å². The molecular weight excluding hydrogens is 156 g/mol. The van der Waals surface area contributed by atoms with Crippen molar-refractivity contribution in [2.45, 2.75) is 32.0 Å². The molecule has 0 radical (unpaired) electrons. The normalized spacial score (nSPS) is 15.9. The topological polar surface area (TPSA) is 53.6 Å². The van der Waals surface area contributed by atoms with Crippen LogP contribution in [0.25, 0.3) is 0 Å². The lowest BCUT2D eigenvalue weighted by Gasteiger charge is -2.08. The maximum absolute atomic E-state index is 9.49. The highest BCUT2D eigenvalue weighted by Crippen LogP contribution is 2.18. The predicted octanol–water partition coefficient (Wildman–Crippen LogP) is 1.47. The Kier molecular flexibility index (Phi) is 3.31. The van der Waals surface area contributed by atoms with Crippen molar-refractivity contribution in [1.82, 2.24) is 0 Å². The van der Waals surface area contributed by atoms with E-state index in [9.17, 15) is 5.11 Å². The molecule has 3 heteroatoms. The molecule has 0 aromatic carbocycles. The Morgan fingerprint density at radius 1 is 1.42 bits per heavy atom. The van der Waals surface area contributed by atoms with Crippen LogP contribution in [0, 0.1) is 0 Å². The summed E-state index contributed by atoms with van der Waals surface area (Å²) in [6, 6.07) is 1.73. The molecular formula is C9H14O3. The molecule has 0 saturated carbocycles. The van der Waals surface area contributed by atoms with Gasteiger partial charge in [0.25, 0.3) is 0 Å². The summed E-state index contributed by atoms with van der Waals surface area (Å²) in [6.45, 7) is 1.71. The van der Waals surface area contributed by atoms with Gasteiger partial charge in [-0.25, -0.2) is 0 Å². The lowest BCUT2D eigenvalue weighted by atomic mass is 10.1. The molecule has 0 bridgehead atoms. The quantitative estimate of drug-likeness (QED) is 0.719. The minimum atomic E-state index is -0.515. The summed E-state index contributed by atoms with van der Waals surface area (Å²) in [4.78, 5) is 0. The van der Waals surface area contributed by atoms with E-state index in [1.165, 1.54) is 12.5 Å². The molecule has 3 nitrogen and oxygen atoms in total. The zero-order valence-corrected chi connectivity index (χ0v) is 7.10. The van der Waals surface area contributed by atoms with Gasteiger partial charge < -0.3 is 14.6 Å². The first-order valence-electron chi connectivity index (χ1n) is 4.08. The van der Waals surface area contributed by atoms with Crippen LogP contribution in [0.5, 0.6) is 0 Å². The largest absolute Gasteiger partial charge is 0.472 e. The van der Waals surface area contributed by atoms with Gasteiger partial charge in [0.05, 0.1) is 24.7 Å². The molecule has 12 heavy (non-hydrogen) atoms. The van der Waals surface area contributed by atoms with Gasteiger partial charge in [-0.05, 0) is 25.8 Å². The first kappa shape index (κ1) is 9.29. The average molecular weight is 170 g/mol. The van der Waals surface area contributed by atoms with E-state index in [1.807, 2.05) is 0 Å². The number of furan rings is 1. The number of aliphatic hydroxyl groups is 2. The third-order valence-electron chi connectivity index (χ3n) is 1.79. The maximum Gasteiger partial charge on any atom is 0.0960 e. The fourth-order valence-electron chi connectivity index (χ4n) is 1.03. The molecule has 1 rings (SSSR count). The third kappa shape index (κ3) is 2.68. The van der Waals surface area contributed by atoms with Crippen molar-refractivity contribution in [3.05, 3.63) is 24.2 Å². The monoisotopic (exact) mass is 170 g/mol. The van der Waals surface area contributed by atoms with E-state index in [2.05, 4.69) is 0 Å². The van der Waals surface area contributed by atoms with Gasteiger partial charge in [-0.15, -0.1) is 0 Å². The van der Waals surface area contributed by atoms with Gasteiger partial charge in [0.1, 0.15) is 0 Å². The van der Waals surface area contributed by atoms with Crippen molar-refractivity contribution in [1.29, 1.82) is 0 Å². The molecule has 1 heterocycles. The summed E-state index contributed by atoms with van der Waals surface area (Å²) in [5, 5.41) is 18.5. The fourth-order valence-corrected chi connectivity index (χ4v) is 1.03. The number of hydrogen-bond donors (Lipinski definition) is 2. The van der Waals surface area contributed by atoms with Crippen molar-refractivity contribution in [2.75, 3.05) is 0 Å². The van der Waals surface area contributed by atoms with Crippen LogP contribution in [-0.2, 0) is 0 Å². The summed E-state index contributed by atoms with van der Waals surface area (Å²) in [5.74, 6) is 0. The Bertz CT molecular complexity index is 204.